The standard InChI is InChI=1S/C13H13F2N/c14-13(15)9-16-8-11-6-3-5-10-4-1-2-7-12(10)11/h1-7,13,16H,8-9H2. The van der Waals surface area contributed by atoms with Crippen LogP contribution in [0.2, 0.25) is 0 Å². The molecule has 0 saturated heterocycles. The summed E-state index contributed by atoms with van der Waals surface area (Å²) < 4.78 is 24.0. The van der Waals surface area contributed by atoms with Crippen molar-refractivity contribution < 1.29 is 8.78 Å². The lowest BCUT2D eigenvalue weighted by molar-refractivity contribution is 0.145. The van der Waals surface area contributed by atoms with Gasteiger partial charge in [-0.3, -0.25) is 0 Å². The van der Waals surface area contributed by atoms with Crippen LogP contribution in [0.1, 0.15) is 5.56 Å². The second-order valence-electron chi connectivity index (χ2n) is 3.66. The summed E-state index contributed by atoms with van der Waals surface area (Å²) in [6.45, 7) is 0.217. The molecule has 0 aliphatic heterocycles. The van der Waals surface area contributed by atoms with E-state index in [1.807, 2.05) is 42.5 Å². The van der Waals surface area contributed by atoms with Crippen LogP contribution in [0.4, 0.5) is 8.78 Å². The molecular weight excluding hydrogens is 208 g/mol. The summed E-state index contributed by atoms with van der Waals surface area (Å²) in [6, 6.07) is 13.9. The summed E-state index contributed by atoms with van der Waals surface area (Å²) >= 11 is 0. The van der Waals surface area contributed by atoms with Gasteiger partial charge in [0.25, 0.3) is 6.43 Å². The van der Waals surface area contributed by atoms with Crippen molar-refractivity contribution in [1.82, 2.24) is 5.32 Å². The van der Waals surface area contributed by atoms with Crippen LogP contribution in [-0.4, -0.2) is 13.0 Å². The topological polar surface area (TPSA) is 12.0 Å². The van der Waals surface area contributed by atoms with Crippen LogP contribution in [0.15, 0.2) is 42.5 Å². The van der Waals surface area contributed by atoms with Gasteiger partial charge in [-0.15, -0.1) is 0 Å². The third-order valence-corrected chi connectivity index (χ3v) is 2.49. The van der Waals surface area contributed by atoms with Crippen molar-refractivity contribution in [2.24, 2.45) is 0 Å². The molecule has 0 amide bonds. The van der Waals surface area contributed by atoms with Crippen LogP contribution in [0.5, 0.6) is 0 Å². The molecule has 0 aromatic heterocycles. The third kappa shape index (κ3) is 2.55. The van der Waals surface area contributed by atoms with Crippen LogP contribution in [-0.2, 0) is 6.54 Å². The Morgan fingerprint density at radius 1 is 1.00 bits per heavy atom. The first-order valence-electron chi connectivity index (χ1n) is 5.23. The summed E-state index contributed by atoms with van der Waals surface area (Å²) in [5.74, 6) is 0. The highest BCUT2D eigenvalue weighted by Crippen LogP contribution is 2.18. The smallest absolute Gasteiger partial charge is 0.250 e. The normalized spacial score (nSPS) is 11.2. The number of fused-ring (bicyclic) bond motifs is 1. The lowest BCUT2D eigenvalue weighted by atomic mass is 10.0. The van der Waals surface area contributed by atoms with E-state index < -0.39 is 6.43 Å². The molecule has 3 heteroatoms. The van der Waals surface area contributed by atoms with Gasteiger partial charge in [0, 0.05) is 6.54 Å². The lowest BCUT2D eigenvalue weighted by Crippen LogP contribution is -2.20. The number of benzene rings is 2. The zero-order valence-corrected chi connectivity index (χ0v) is 8.79. The average molecular weight is 221 g/mol. The number of nitrogens with one attached hydrogen (secondary N) is 1. The fraction of sp³-hybridized carbons (Fsp3) is 0.231. The first-order valence-corrected chi connectivity index (χ1v) is 5.23. The predicted molar refractivity (Wildman–Crippen MR) is 61.7 cm³/mol. The van der Waals surface area contributed by atoms with Gasteiger partial charge < -0.3 is 5.32 Å². The molecule has 0 fully saturated rings. The SMILES string of the molecule is FC(F)CNCc1cccc2ccccc12. The molecule has 2 aromatic carbocycles. The van der Waals surface area contributed by atoms with Gasteiger partial charge in [-0.1, -0.05) is 42.5 Å². The minimum absolute atomic E-state index is 0.261. The molecule has 0 aliphatic rings. The van der Waals surface area contributed by atoms with E-state index in [-0.39, 0.29) is 6.54 Å². The number of hydrogen-bond acceptors (Lipinski definition) is 1. The molecule has 0 heterocycles. The Bertz CT molecular complexity index is 463. The molecule has 16 heavy (non-hydrogen) atoms. The quantitative estimate of drug-likeness (QED) is 0.836. The molecule has 0 bridgehead atoms. The maximum Gasteiger partial charge on any atom is 0.250 e. The Hall–Kier alpha value is -1.48. The van der Waals surface area contributed by atoms with Gasteiger partial charge in [0.1, 0.15) is 0 Å². The van der Waals surface area contributed by atoms with Gasteiger partial charge in [-0.25, -0.2) is 8.78 Å². The second kappa shape index (κ2) is 5.03. The fourth-order valence-corrected chi connectivity index (χ4v) is 1.76. The number of alkyl halides is 2. The van der Waals surface area contributed by atoms with Gasteiger partial charge in [0.2, 0.25) is 0 Å². The van der Waals surface area contributed by atoms with Crippen molar-refractivity contribution >= 4 is 10.8 Å². The Labute approximate surface area is 93.1 Å². The molecule has 0 radical (unpaired) electrons. The summed E-state index contributed by atoms with van der Waals surface area (Å²) in [5.41, 5.74) is 1.05. The monoisotopic (exact) mass is 221 g/mol. The molecule has 0 aliphatic carbocycles. The van der Waals surface area contributed by atoms with Gasteiger partial charge in [0.05, 0.1) is 6.54 Å². The number of halogens is 2. The van der Waals surface area contributed by atoms with E-state index in [0.717, 1.165) is 16.3 Å². The largest absolute Gasteiger partial charge is 0.307 e. The zero-order chi connectivity index (χ0) is 11.4. The van der Waals surface area contributed by atoms with E-state index in [2.05, 4.69) is 5.32 Å². The molecule has 1 nitrogen and oxygen atoms in total. The Balaban J connectivity index is 2.17. The summed E-state index contributed by atoms with van der Waals surface area (Å²) in [7, 11) is 0. The van der Waals surface area contributed by atoms with E-state index >= 15 is 0 Å². The molecule has 0 atom stereocenters. The van der Waals surface area contributed by atoms with Crippen LogP contribution in [0.3, 0.4) is 0 Å². The molecule has 0 saturated carbocycles. The van der Waals surface area contributed by atoms with Crippen molar-refractivity contribution in [2.75, 3.05) is 6.54 Å². The Morgan fingerprint density at radius 3 is 2.56 bits per heavy atom. The number of hydrogen-bond donors (Lipinski definition) is 1. The predicted octanol–water partition coefficient (Wildman–Crippen LogP) is 3.19. The summed E-state index contributed by atoms with van der Waals surface area (Å²) in [5, 5.41) is 5.00. The highest BCUT2D eigenvalue weighted by Gasteiger charge is 2.03. The maximum absolute atomic E-state index is 12.0. The van der Waals surface area contributed by atoms with Crippen molar-refractivity contribution in [2.45, 2.75) is 13.0 Å². The zero-order valence-electron chi connectivity index (χ0n) is 8.79. The molecule has 2 aromatic rings. The highest BCUT2D eigenvalue weighted by atomic mass is 19.3. The van der Waals surface area contributed by atoms with Gasteiger partial charge in [-0.05, 0) is 16.3 Å². The van der Waals surface area contributed by atoms with Gasteiger partial charge >= 0.3 is 0 Å². The lowest BCUT2D eigenvalue weighted by Gasteiger charge is -2.07. The molecule has 84 valence electrons. The van der Waals surface area contributed by atoms with Crippen molar-refractivity contribution in [3.8, 4) is 0 Å². The minimum Gasteiger partial charge on any atom is -0.307 e. The van der Waals surface area contributed by atoms with Crippen LogP contribution >= 0.6 is 0 Å². The van der Waals surface area contributed by atoms with Crippen molar-refractivity contribution in [1.29, 1.82) is 0 Å². The molecule has 2 rings (SSSR count). The van der Waals surface area contributed by atoms with Crippen molar-refractivity contribution in [3.63, 3.8) is 0 Å². The van der Waals surface area contributed by atoms with Crippen LogP contribution in [0.25, 0.3) is 10.8 Å². The highest BCUT2D eigenvalue weighted by molar-refractivity contribution is 5.85. The van der Waals surface area contributed by atoms with E-state index in [9.17, 15) is 8.78 Å². The van der Waals surface area contributed by atoms with E-state index in [1.54, 1.807) is 0 Å². The van der Waals surface area contributed by atoms with Crippen LogP contribution < -0.4 is 5.32 Å². The van der Waals surface area contributed by atoms with Gasteiger partial charge in [-0.2, -0.15) is 0 Å². The Kier molecular flexibility index (Phi) is 3.47. The minimum atomic E-state index is -2.30. The van der Waals surface area contributed by atoms with Gasteiger partial charge in [0.15, 0.2) is 0 Å². The third-order valence-electron chi connectivity index (χ3n) is 2.49. The second-order valence-corrected chi connectivity index (χ2v) is 3.66. The first-order chi connectivity index (χ1) is 7.77. The number of rotatable bonds is 4. The van der Waals surface area contributed by atoms with E-state index in [1.165, 1.54) is 0 Å². The maximum atomic E-state index is 12.0. The molecule has 1 N–H and O–H groups in total. The fourth-order valence-electron chi connectivity index (χ4n) is 1.76. The van der Waals surface area contributed by atoms with E-state index in [0.29, 0.717) is 6.54 Å². The van der Waals surface area contributed by atoms with Crippen molar-refractivity contribution in [3.05, 3.63) is 48.0 Å². The Morgan fingerprint density at radius 2 is 1.75 bits per heavy atom. The molecule has 0 spiro atoms. The summed E-state index contributed by atoms with van der Waals surface area (Å²) in [6.07, 6.45) is -2.30. The van der Waals surface area contributed by atoms with E-state index in [4.69, 9.17) is 0 Å². The average Bonchev–Trinajstić information content (AvgIpc) is 2.29. The molecule has 0 unspecified atom stereocenters. The summed E-state index contributed by atoms with van der Waals surface area (Å²) in [4.78, 5) is 0. The molecular formula is C13H13F2N. The first kappa shape index (κ1) is 11.0. The van der Waals surface area contributed by atoms with Crippen LogP contribution in [0, 0.1) is 0 Å².